The van der Waals surface area contributed by atoms with Crippen molar-refractivity contribution in [3.8, 4) is 0 Å². The van der Waals surface area contributed by atoms with E-state index in [-0.39, 0.29) is 11.8 Å². The van der Waals surface area contributed by atoms with Gasteiger partial charge in [-0.15, -0.1) is 0 Å². The van der Waals surface area contributed by atoms with Crippen LogP contribution in [-0.2, 0) is 4.79 Å². The van der Waals surface area contributed by atoms with Crippen LogP contribution in [0, 0.1) is 11.3 Å². The van der Waals surface area contributed by atoms with Gasteiger partial charge in [-0.25, -0.2) is 0 Å². The molecule has 0 heterocycles. The third-order valence-corrected chi connectivity index (χ3v) is 8.28. The van der Waals surface area contributed by atoms with Crippen molar-refractivity contribution >= 4 is 5.97 Å². The highest BCUT2D eigenvalue weighted by molar-refractivity contribution is 5.66. The van der Waals surface area contributed by atoms with Crippen LogP contribution in [0.1, 0.15) is 151 Å². The molecule has 0 aliphatic heterocycles. The topological polar surface area (TPSA) is 37.3 Å². The molecule has 2 nitrogen and oxygen atoms in total. The lowest BCUT2D eigenvalue weighted by Gasteiger charge is -2.32. The zero-order chi connectivity index (χ0) is 28.2. The summed E-state index contributed by atoms with van der Waals surface area (Å²) in [4.78, 5) is 11.2. The van der Waals surface area contributed by atoms with E-state index in [4.69, 9.17) is 0 Å². The van der Waals surface area contributed by atoms with Crippen molar-refractivity contribution < 1.29 is 9.90 Å². The number of carbonyl (C=O) groups is 1. The molecule has 0 aromatic rings. The molecule has 0 fully saturated rings. The Morgan fingerprint density at radius 2 is 1.55 bits per heavy atom. The summed E-state index contributed by atoms with van der Waals surface area (Å²) in [5.74, 6) is -0.200. The summed E-state index contributed by atoms with van der Waals surface area (Å²) in [6.07, 6.45) is 33.8. The molecule has 1 rings (SSSR count). The number of unbranched alkanes of at least 4 members (excludes halogenated alkanes) is 9. The summed E-state index contributed by atoms with van der Waals surface area (Å²) in [5, 5.41) is 9.18. The molecule has 1 N–H and O–H groups in total. The Kier molecular flexibility index (Phi) is 18.1. The number of carboxylic acids is 1. The molecule has 0 aromatic carbocycles. The molecule has 1 aliphatic carbocycles. The van der Waals surface area contributed by atoms with Gasteiger partial charge in [0.25, 0.3) is 0 Å². The van der Waals surface area contributed by atoms with E-state index in [1.807, 2.05) is 0 Å². The van der Waals surface area contributed by atoms with E-state index in [1.165, 1.54) is 106 Å². The Labute approximate surface area is 236 Å². The number of hydrogen-bond acceptors (Lipinski definition) is 1. The van der Waals surface area contributed by atoms with E-state index in [0.717, 1.165) is 19.3 Å². The molecule has 0 amide bonds. The Morgan fingerprint density at radius 1 is 0.921 bits per heavy atom. The van der Waals surface area contributed by atoms with Crippen molar-refractivity contribution in [3.05, 3.63) is 58.7 Å². The first-order valence-electron chi connectivity index (χ1n) is 15.8. The summed E-state index contributed by atoms with van der Waals surface area (Å²) < 4.78 is 0. The van der Waals surface area contributed by atoms with Gasteiger partial charge in [-0.2, -0.15) is 0 Å². The van der Waals surface area contributed by atoms with Crippen molar-refractivity contribution in [1.82, 2.24) is 0 Å². The number of carboxylic acid groups (broad SMARTS) is 1. The molecule has 1 atom stereocenters. The standard InChI is InChI=1S/C36H60O2/c1-7-8-9-10-11-12-13-14-15-16-22-33(26-28-35(37)38)25-23-30(2)19-17-20-31(3)24-27-34-32(4)21-18-29-36(34,5)6/h17,19-20,23-24,27,33H,7-16,18,21-22,25-26,28-29H2,1-6H3,(H,37,38). The Hall–Kier alpha value is -1.83. The van der Waals surface area contributed by atoms with Crippen LogP contribution in [0.4, 0.5) is 0 Å². The minimum Gasteiger partial charge on any atom is -0.481 e. The molecule has 0 spiro atoms. The van der Waals surface area contributed by atoms with Gasteiger partial charge in [-0.3, -0.25) is 4.79 Å². The predicted octanol–water partition coefficient (Wildman–Crippen LogP) is 11.7. The molecule has 216 valence electrons. The van der Waals surface area contributed by atoms with E-state index in [2.05, 4.69) is 78.0 Å². The second-order valence-corrected chi connectivity index (χ2v) is 12.5. The van der Waals surface area contributed by atoms with Crippen molar-refractivity contribution in [3.63, 3.8) is 0 Å². The summed E-state index contributed by atoms with van der Waals surface area (Å²) in [6, 6.07) is 0. The first-order valence-corrected chi connectivity index (χ1v) is 15.8. The van der Waals surface area contributed by atoms with Gasteiger partial charge in [-0.1, -0.05) is 145 Å². The molecule has 0 aromatic heterocycles. The Morgan fingerprint density at radius 3 is 2.16 bits per heavy atom. The Bertz CT molecular complexity index is 818. The van der Waals surface area contributed by atoms with Crippen molar-refractivity contribution in [2.24, 2.45) is 11.3 Å². The molecular formula is C36H60O2. The fraction of sp³-hybridized carbons (Fsp3) is 0.694. The van der Waals surface area contributed by atoms with Gasteiger partial charge in [0, 0.05) is 6.42 Å². The van der Waals surface area contributed by atoms with Crippen LogP contribution >= 0.6 is 0 Å². The van der Waals surface area contributed by atoms with Crippen molar-refractivity contribution in [2.75, 3.05) is 0 Å². The van der Waals surface area contributed by atoms with Crippen molar-refractivity contribution in [2.45, 2.75) is 151 Å². The lowest BCUT2D eigenvalue weighted by molar-refractivity contribution is -0.137. The highest BCUT2D eigenvalue weighted by Crippen LogP contribution is 2.40. The average molecular weight is 525 g/mol. The van der Waals surface area contributed by atoms with E-state index < -0.39 is 5.97 Å². The second kappa shape index (κ2) is 20.1. The number of allylic oxidation sites excluding steroid dienone is 10. The predicted molar refractivity (Wildman–Crippen MR) is 168 cm³/mol. The summed E-state index contributed by atoms with van der Waals surface area (Å²) >= 11 is 0. The number of aliphatic carboxylic acids is 1. The van der Waals surface area contributed by atoms with Gasteiger partial charge in [0.1, 0.15) is 0 Å². The highest BCUT2D eigenvalue weighted by atomic mass is 16.4. The van der Waals surface area contributed by atoms with E-state index in [0.29, 0.717) is 5.92 Å². The summed E-state index contributed by atoms with van der Waals surface area (Å²) in [6.45, 7) is 13.6. The SMILES string of the molecule is CCCCCCCCCCCCC(CC=C(C)C=CC=C(C)C=CC1=C(C)CCCC1(C)C)CCC(=O)O. The molecule has 1 aliphatic rings. The van der Waals surface area contributed by atoms with Crippen LogP contribution in [0.3, 0.4) is 0 Å². The average Bonchev–Trinajstić information content (AvgIpc) is 2.85. The number of rotatable bonds is 20. The second-order valence-electron chi connectivity index (χ2n) is 12.5. The first kappa shape index (κ1) is 34.2. The zero-order valence-electron chi connectivity index (χ0n) is 25.9. The van der Waals surface area contributed by atoms with E-state index in [9.17, 15) is 9.90 Å². The van der Waals surface area contributed by atoms with E-state index in [1.54, 1.807) is 0 Å². The summed E-state index contributed by atoms with van der Waals surface area (Å²) in [7, 11) is 0. The molecule has 2 heteroatoms. The maximum atomic E-state index is 11.2. The third-order valence-electron chi connectivity index (χ3n) is 8.28. The summed E-state index contributed by atoms with van der Waals surface area (Å²) in [5.41, 5.74) is 5.84. The van der Waals surface area contributed by atoms with Gasteiger partial charge in [0.15, 0.2) is 0 Å². The molecule has 1 unspecified atom stereocenters. The maximum absolute atomic E-state index is 11.2. The quantitative estimate of drug-likeness (QED) is 0.127. The van der Waals surface area contributed by atoms with Crippen LogP contribution in [0.25, 0.3) is 0 Å². The van der Waals surface area contributed by atoms with Gasteiger partial charge in [0.05, 0.1) is 0 Å². The molecule has 0 saturated carbocycles. The minimum atomic E-state index is -0.671. The molecule has 38 heavy (non-hydrogen) atoms. The molecule has 0 bridgehead atoms. The highest BCUT2D eigenvalue weighted by Gasteiger charge is 2.26. The van der Waals surface area contributed by atoms with Gasteiger partial charge in [0.2, 0.25) is 0 Å². The maximum Gasteiger partial charge on any atom is 0.303 e. The molecule has 0 radical (unpaired) electrons. The van der Waals surface area contributed by atoms with Crippen LogP contribution in [-0.4, -0.2) is 11.1 Å². The van der Waals surface area contributed by atoms with Gasteiger partial charge >= 0.3 is 5.97 Å². The van der Waals surface area contributed by atoms with Gasteiger partial charge < -0.3 is 5.11 Å². The first-order chi connectivity index (χ1) is 18.2. The minimum absolute atomic E-state index is 0.277. The van der Waals surface area contributed by atoms with E-state index >= 15 is 0 Å². The largest absolute Gasteiger partial charge is 0.481 e. The monoisotopic (exact) mass is 524 g/mol. The fourth-order valence-corrected chi connectivity index (χ4v) is 5.68. The van der Waals surface area contributed by atoms with Gasteiger partial charge in [-0.05, 0) is 69.8 Å². The fourth-order valence-electron chi connectivity index (χ4n) is 5.68. The van der Waals surface area contributed by atoms with Crippen LogP contribution in [0.15, 0.2) is 58.7 Å². The lowest BCUT2D eigenvalue weighted by Crippen LogP contribution is -2.19. The third kappa shape index (κ3) is 16.2. The zero-order valence-corrected chi connectivity index (χ0v) is 25.9. The normalized spacial score (nSPS) is 17.6. The van der Waals surface area contributed by atoms with Crippen molar-refractivity contribution in [1.29, 1.82) is 0 Å². The lowest BCUT2D eigenvalue weighted by atomic mass is 9.72. The van der Waals surface area contributed by atoms with Crippen LogP contribution < -0.4 is 0 Å². The number of hydrogen-bond donors (Lipinski definition) is 1. The molecular weight excluding hydrogens is 464 g/mol. The molecule has 0 saturated heterocycles. The van der Waals surface area contributed by atoms with Crippen LogP contribution in [0.2, 0.25) is 0 Å². The Balaban J connectivity index is 2.49. The van der Waals surface area contributed by atoms with Crippen LogP contribution in [0.5, 0.6) is 0 Å². The smallest absolute Gasteiger partial charge is 0.303 e.